The van der Waals surface area contributed by atoms with Crippen molar-refractivity contribution in [1.82, 2.24) is 4.90 Å². The quantitative estimate of drug-likeness (QED) is 0.102. The van der Waals surface area contributed by atoms with Gasteiger partial charge in [-0.2, -0.15) is 0 Å². The Hall–Kier alpha value is -4.02. The van der Waals surface area contributed by atoms with E-state index in [4.69, 9.17) is 4.74 Å². The largest absolute Gasteiger partial charge is 0.489 e. The summed E-state index contributed by atoms with van der Waals surface area (Å²) in [6.45, 7) is 13.1. The lowest BCUT2D eigenvalue weighted by Crippen LogP contribution is -2.27. The molecule has 0 fully saturated rings. The maximum absolute atomic E-state index is 11.7. The molecular weight excluding hydrogens is 542 g/mol. The van der Waals surface area contributed by atoms with Crippen molar-refractivity contribution in [2.24, 2.45) is 0 Å². The van der Waals surface area contributed by atoms with Crippen LogP contribution in [0.25, 0.3) is 11.1 Å². The second kappa shape index (κ2) is 15.6. The maximum Gasteiger partial charge on any atom is 0.159 e. The fourth-order valence-corrected chi connectivity index (χ4v) is 5.33. The van der Waals surface area contributed by atoms with Crippen molar-refractivity contribution in [1.29, 1.82) is 0 Å². The van der Waals surface area contributed by atoms with E-state index in [1.165, 1.54) is 27.8 Å². The summed E-state index contributed by atoms with van der Waals surface area (Å²) in [5.41, 5.74) is 8.14. The van der Waals surface area contributed by atoms with Crippen LogP contribution in [0.4, 0.5) is 0 Å². The first kappa shape index (κ1) is 32.9. The van der Waals surface area contributed by atoms with Crippen LogP contribution in [0.2, 0.25) is 0 Å². The molecular formula is C40H47NO3. The van der Waals surface area contributed by atoms with Crippen LogP contribution < -0.4 is 4.74 Å². The predicted octanol–water partition coefficient (Wildman–Crippen LogP) is 9.24. The van der Waals surface area contributed by atoms with Crippen LogP contribution in [-0.2, 0) is 29.8 Å². The molecule has 44 heavy (non-hydrogen) atoms. The minimum Gasteiger partial charge on any atom is -0.489 e. The molecule has 0 saturated carbocycles. The monoisotopic (exact) mass is 589 g/mol. The molecule has 0 spiro atoms. The van der Waals surface area contributed by atoms with E-state index in [0.29, 0.717) is 13.0 Å². The fourth-order valence-electron chi connectivity index (χ4n) is 5.33. The number of ether oxygens (including phenoxy) is 1. The van der Waals surface area contributed by atoms with E-state index < -0.39 is 0 Å². The highest BCUT2D eigenvalue weighted by atomic mass is 16.5. The summed E-state index contributed by atoms with van der Waals surface area (Å²) in [6, 6.07) is 33.7. The number of carbonyl (C=O) groups is 2. The van der Waals surface area contributed by atoms with Gasteiger partial charge in [-0.05, 0) is 84.5 Å². The number of benzene rings is 4. The van der Waals surface area contributed by atoms with Gasteiger partial charge >= 0.3 is 0 Å². The third-order valence-electron chi connectivity index (χ3n) is 8.12. The van der Waals surface area contributed by atoms with Crippen molar-refractivity contribution in [3.63, 3.8) is 0 Å². The van der Waals surface area contributed by atoms with E-state index >= 15 is 0 Å². The highest BCUT2D eigenvalue weighted by molar-refractivity contribution is 5.94. The molecule has 4 aromatic rings. The summed E-state index contributed by atoms with van der Waals surface area (Å²) < 4.78 is 6.35. The van der Waals surface area contributed by atoms with Crippen LogP contribution >= 0.6 is 0 Å². The van der Waals surface area contributed by atoms with Gasteiger partial charge in [-0.25, -0.2) is 0 Å². The molecule has 230 valence electrons. The molecule has 4 aromatic carbocycles. The van der Waals surface area contributed by atoms with Crippen molar-refractivity contribution < 1.29 is 14.3 Å². The van der Waals surface area contributed by atoms with Gasteiger partial charge in [0, 0.05) is 25.1 Å². The summed E-state index contributed by atoms with van der Waals surface area (Å²) in [5, 5.41) is 0. The molecule has 4 rings (SSSR count). The number of hydrogen-bond acceptors (Lipinski definition) is 4. The van der Waals surface area contributed by atoms with Crippen LogP contribution in [-0.4, -0.2) is 29.6 Å². The molecule has 0 atom stereocenters. The Morgan fingerprint density at radius 3 is 1.93 bits per heavy atom. The first-order valence-electron chi connectivity index (χ1n) is 15.8. The van der Waals surface area contributed by atoms with Crippen molar-refractivity contribution in [3.8, 4) is 16.9 Å². The van der Waals surface area contributed by atoms with Crippen LogP contribution in [0, 0.1) is 0 Å². The van der Waals surface area contributed by atoms with Crippen molar-refractivity contribution in [3.05, 3.63) is 125 Å². The number of nitrogens with zero attached hydrogens (tertiary/aromatic N) is 1. The molecule has 0 N–H and O–H groups in total. The number of hydrogen-bond donors (Lipinski definition) is 0. The second-order valence-electron chi connectivity index (χ2n) is 12.9. The van der Waals surface area contributed by atoms with E-state index in [9.17, 15) is 9.59 Å². The SMILES string of the molecule is CC(=O)CCCCN(CCc1ccccc1OCc1ccc(-c2ccc(C(C)(C)C)cc2)cc1)Cc1ccc(C(C)=O)cc1. The van der Waals surface area contributed by atoms with Gasteiger partial charge in [0.2, 0.25) is 0 Å². The zero-order valence-corrected chi connectivity index (χ0v) is 27.1. The zero-order chi connectivity index (χ0) is 31.5. The molecule has 0 aromatic heterocycles. The summed E-state index contributed by atoms with van der Waals surface area (Å²) in [5.74, 6) is 1.24. The lowest BCUT2D eigenvalue weighted by atomic mass is 9.86. The van der Waals surface area contributed by atoms with Crippen LogP contribution in [0.5, 0.6) is 5.75 Å². The molecule has 4 nitrogen and oxygen atoms in total. The first-order chi connectivity index (χ1) is 21.1. The minimum absolute atomic E-state index is 0.0797. The van der Waals surface area contributed by atoms with Gasteiger partial charge in [0.25, 0.3) is 0 Å². The Morgan fingerprint density at radius 1 is 0.705 bits per heavy atom. The summed E-state index contributed by atoms with van der Waals surface area (Å²) in [7, 11) is 0. The van der Waals surface area contributed by atoms with E-state index in [1.807, 2.05) is 30.3 Å². The van der Waals surface area contributed by atoms with Gasteiger partial charge in [0.15, 0.2) is 5.78 Å². The fraction of sp³-hybridized carbons (Fsp3) is 0.350. The Balaban J connectivity index is 1.37. The number of ketones is 2. The van der Waals surface area contributed by atoms with Gasteiger partial charge in [0.1, 0.15) is 18.1 Å². The number of para-hydroxylation sites is 1. The van der Waals surface area contributed by atoms with Crippen molar-refractivity contribution >= 4 is 11.6 Å². The first-order valence-corrected chi connectivity index (χ1v) is 15.8. The normalized spacial score (nSPS) is 11.5. The Bertz CT molecular complexity index is 1500. The lowest BCUT2D eigenvalue weighted by Gasteiger charge is -2.23. The zero-order valence-electron chi connectivity index (χ0n) is 27.1. The highest BCUT2D eigenvalue weighted by Crippen LogP contribution is 2.27. The van der Waals surface area contributed by atoms with E-state index in [2.05, 4.69) is 92.4 Å². The number of rotatable bonds is 15. The number of unbranched alkanes of at least 4 members (excludes halogenated alkanes) is 1. The smallest absolute Gasteiger partial charge is 0.159 e. The summed E-state index contributed by atoms with van der Waals surface area (Å²) in [4.78, 5) is 25.6. The van der Waals surface area contributed by atoms with E-state index in [0.717, 1.165) is 55.8 Å². The number of carbonyl (C=O) groups excluding carboxylic acids is 2. The topological polar surface area (TPSA) is 46.6 Å². The Morgan fingerprint density at radius 2 is 1.32 bits per heavy atom. The molecule has 0 unspecified atom stereocenters. The standard InChI is InChI=1S/C40H47NO3/c1-30(42)10-8-9-26-41(28-32-13-17-34(18-14-32)31(2)43)27-25-37-11-6-7-12-39(37)44-29-33-15-19-35(20-16-33)36-21-23-38(24-22-36)40(3,4)5/h6-7,11-24H,8-10,25-29H2,1-5H3. The third kappa shape index (κ3) is 10.0. The van der Waals surface area contributed by atoms with Crippen LogP contribution in [0.1, 0.15) is 86.5 Å². The summed E-state index contributed by atoms with van der Waals surface area (Å²) >= 11 is 0. The minimum atomic E-state index is 0.0797. The predicted molar refractivity (Wildman–Crippen MR) is 181 cm³/mol. The average Bonchev–Trinajstić information content (AvgIpc) is 3.01. The molecule has 0 aliphatic heterocycles. The molecule has 0 amide bonds. The molecule has 0 heterocycles. The highest BCUT2D eigenvalue weighted by Gasteiger charge is 2.14. The molecule has 4 heteroatoms. The number of Topliss-reactive ketones (excluding diaryl/α,β-unsaturated/α-hetero) is 2. The van der Waals surface area contributed by atoms with E-state index in [-0.39, 0.29) is 17.0 Å². The van der Waals surface area contributed by atoms with Gasteiger partial charge in [-0.1, -0.05) is 112 Å². The lowest BCUT2D eigenvalue weighted by molar-refractivity contribution is -0.117. The average molecular weight is 590 g/mol. The molecule has 0 radical (unpaired) electrons. The Kier molecular flexibility index (Phi) is 11.7. The molecule has 0 saturated heterocycles. The maximum atomic E-state index is 11.7. The van der Waals surface area contributed by atoms with Crippen LogP contribution in [0.3, 0.4) is 0 Å². The molecule has 0 bridgehead atoms. The molecule has 0 aliphatic rings. The third-order valence-corrected chi connectivity index (χ3v) is 8.12. The Labute approximate surface area is 264 Å². The van der Waals surface area contributed by atoms with Crippen molar-refractivity contribution in [2.75, 3.05) is 13.1 Å². The van der Waals surface area contributed by atoms with Gasteiger partial charge in [0.05, 0.1) is 0 Å². The van der Waals surface area contributed by atoms with Gasteiger partial charge in [-0.15, -0.1) is 0 Å². The van der Waals surface area contributed by atoms with Crippen LogP contribution in [0.15, 0.2) is 97.1 Å². The summed E-state index contributed by atoms with van der Waals surface area (Å²) in [6.07, 6.45) is 3.36. The van der Waals surface area contributed by atoms with Gasteiger partial charge in [-0.3, -0.25) is 9.69 Å². The molecule has 0 aliphatic carbocycles. The van der Waals surface area contributed by atoms with E-state index in [1.54, 1.807) is 13.8 Å². The van der Waals surface area contributed by atoms with Gasteiger partial charge < -0.3 is 9.53 Å². The second-order valence-corrected chi connectivity index (χ2v) is 12.9. The van der Waals surface area contributed by atoms with Crippen molar-refractivity contribution in [2.45, 2.75) is 78.9 Å².